The van der Waals surface area contributed by atoms with Crippen molar-refractivity contribution in [2.75, 3.05) is 13.2 Å². The van der Waals surface area contributed by atoms with Gasteiger partial charge in [0.15, 0.2) is 0 Å². The van der Waals surface area contributed by atoms with Gasteiger partial charge in [-0.3, -0.25) is 4.79 Å². The fourth-order valence-electron chi connectivity index (χ4n) is 1.52. The molecule has 7 nitrogen and oxygen atoms in total. The highest BCUT2D eigenvalue weighted by atomic mass is 35.5. The largest absolute Gasteiger partial charge is 0.492 e. The summed E-state index contributed by atoms with van der Waals surface area (Å²) in [6, 6.07) is 8.76. The van der Waals surface area contributed by atoms with E-state index >= 15 is 0 Å². The number of hydrogen-bond acceptors (Lipinski definition) is 5. The van der Waals surface area contributed by atoms with Gasteiger partial charge in [-0.05, 0) is 24.3 Å². The molecule has 0 unspecified atom stereocenters. The Morgan fingerprint density at radius 3 is 2.86 bits per heavy atom. The van der Waals surface area contributed by atoms with Gasteiger partial charge < -0.3 is 10.1 Å². The van der Waals surface area contributed by atoms with Crippen LogP contribution in [0, 0.1) is 11.3 Å². The highest BCUT2D eigenvalue weighted by molar-refractivity contribution is 6.30. The molecule has 1 heterocycles. The van der Waals surface area contributed by atoms with E-state index in [2.05, 4.69) is 15.4 Å². The zero-order chi connectivity index (χ0) is 15.1. The molecule has 0 aliphatic rings. The van der Waals surface area contributed by atoms with Crippen LogP contribution < -0.4 is 10.1 Å². The summed E-state index contributed by atoms with van der Waals surface area (Å²) in [5.41, 5.74) is 0. The van der Waals surface area contributed by atoms with Crippen LogP contribution in [0.2, 0.25) is 5.02 Å². The highest BCUT2D eigenvalue weighted by Gasteiger charge is 2.05. The standard InChI is InChI=1S/C13H12ClN5O2/c14-10-1-3-11(4-2-10)21-6-5-16-13(20)8-19-9-17-12(7-15)18-19/h1-4,9H,5-6,8H2,(H,16,20). The Balaban J connectivity index is 1.67. The number of halogens is 1. The molecule has 1 amide bonds. The molecule has 2 rings (SSSR count). The molecule has 0 saturated heterocycles. The van der Waals surface area contributed by atoms with Crippen LogP contribution in [-0.4, -0.2) is 33.8 Å². The van der Waals surface area contributed by atoms with Crippen LogP contribution in [0.1, 0.15) is 5.82 Å². The van der Waals surface area contributed by atoms with Crippen LogP contribution in [0.25, 0.3) is 0 Å². The van der Waals surface area contributed by atoms with E-state index in [1.807, 2.05) is 0 Å². The smallest absolute Gasteiger partial charge is 0.252 e. The molecule has 8 heteroatoms. The second-order valence-electron chi connectivity index (χ2n) is 4.03. The second-order valence-corrected chi connectivity index (χ2v) is 4.47. The maximum Gasteiger partial charge on any atom is 0.252 e. The molecule has 0 bridgehead atoms. The predicted molar refractivity (Wildman–Crippen MR) is 74.7 cm³/mol. The maximum atomic E-state index is 11.6. The third kappa shape index (κ3) is 4.78. The van der Waals surface area contributed by atoms with Crippen molar-refractivity contribution in [3.63, 3.8) is 0 Å². The molecule has 2 aromatic rings. The number of benzene rings is 1. The zero-order valence-electron chi connectivity index (χ0n) is 11.0. The summed E-state index contributed by atoms with van der Waals surface area (Å²) in [5, 5.41) is 15.7. The molecule has 0 fully saturated rings. The van der Waals surface area contributed by atoms with E-state index in [1.54, 1.807) is 30.3 Å². The van der Waals surface area contributed by atoms with Crippen molar-refractivity contribution in [3.05, 3.63) is 41.4 Å². The fourth-order valence-corrected chi connectivity index (χ4v) is 1.64. The number of carbonyl (C=O) groups excluding carboxylic acids is 1. The van der Waals surface area contributed by atoms with Gasteiger partial charge in [0.05, 0.1) is 6.54 Å². The second kappa shape index (κ2) is 7.26. The van der Waals surface area contributed by atoms with E-state index in [0.717, 1.165) is 0 Å². The minimum absolute atomic E-state index is 0.00955. The van der Waals surface area contributed by atoms with Crippen molar-refractivity contribution < 1.29 is 9.53 Å². The average molecular weight is 306 g/mol. The summed E-state index contributed by atoms with van der Waals surface area (Å²) in [6.07, 6.45) is 1.34. The molecule has 1 aromatic heterocycles. The molecular formula is C13H12ClN5O2. The molecule has 0 spiro atoms. The molecule has 108 valence electrons. The van der Waals surface area contributed by atoms with E-state index in [0.29, 0.717) is 23.9 Å². The first-order valence-electron chi connectivity index (χ1n) is 6.12. The van der Waals surface area contributed by atoms with E-state index < -0.39 is 0 Å². The monoisotopic (exact) mass is 305 g/mol. The van der Waals surface area contributed by atoms with Crippen LogP contribution >= 0.6 is 11.6 Å². The fraction of sp³-hybridized carbons (Fsp3) is 0.231. The van der Waals surface area contributed by atoms with Crippen molar-refractivity contribution in [2.45, 2.75) is 6.54 Å². The molecule has 0 aliphatic heterocycles. The number of ether oxygens (including phenoxy) is 1. The van der Waals surface area contributed by atoms with Crippen molar-refractivity contribution >= 4 is 17.5 Å². The van der Waals surface area contributed by atoms with Gasteiger partial charge in [0.2, 0.25) is 5.91 Å². The minimum Gasteiger partial charge on any atom is -0.492 e. The summed E-state index contributed by atoms with van der Waals surface area (Å²) in [6.45, 7) is 0.713. The van der Waals surface area contributed by atoms with Crippen molar-refractivity contribution in [3.8, 4) is 11.8 Å². The van der Waals surface area contributed by atoms with Gasteiger partial charge in [0.1, 0.15) is 31.3 Å². The van der Waals surface area contributed by atoms with E-state index in [4.69, 9.17) is 21.6 Å². The third-order valence-electron chi connectivity index (χ3n) is 2.45. The molecule has 21 heavy (non-hydrogen) atoms. The summed E-state index contributed by atoms with van der Waals surface area (Å²) >= 11 is 5.76. The Hall–Kier alpha value is -2.59. The van der Waals surface area contributed by atoms with Crippen molar-refractivity contribution in [2.24, 2.45) is 0 Å². The van der Waals surface area contributed by atoms with Gasteiger partial charge in [-0.2, -0.15) is 5.26 Å². The minimum atomic E-state index is -0.232. The van der Waals surface area contributed by atoms with Gasteiger partial charge in [-0.1, -0.05) is 11.6 Å². The maximum absolute atomic E-state index is 11.6. The highest BCUT2D eigenvalue weighted by Crippen LogP contribution is 2.14. The van der Waals surface area contributed by atoms with Crippen LogP contribution in [0.15, 0.2) is 30.6 Å². The first kappa shape index (κ1) is 14.8. The van der Waals surface area contributed by atoms with E-state index in [-0.39, 0.29) is 18.3 Å². The number of hydrogen-bond donors (Lipinski definition) is 1. The molecule has 0 radical (unpaired) electrons. The molecule has 0 atom stereocenters. The lowest BCUT2D eigenvalue weighted by molar-refractivity contribution is -0.121. The van der Waals surface area contributed by atoms with Crippen LogP contribution in [0.5, 0.6) is 5.75 Å². The number of aromatic nitrogens is 3. The quantitative estimate of drug-likeness (QED) is 0.804. The Kier molecular flexibility index (Phi) is 5.12. The summed E-state index contributed by atoms with van der Waals surface area (Å²) in [5.74, 6) is 0.488. The lowest BCUT2D eigenvalue weighted by Crippen LogP contribution is -2.31. The van der Waals surface area contributed by atoms with Crippen molar-refractivity contribution in [1.82, 2.24) is 20.1 Å². The Labute approximate surface area is 126 Å². The Morgan fingerprint density at radius 1 is 1.43 bits per heavy atom. The number of nitrogens with one attached hydrogen (secondary N) is 1. The first-order valence-corrected chi connectivity index (χ1v) is 6.50. The lowest BCUT2D eigenvalue weighted by atomic mass is 10.3. The topological polar surface area (TPSA) is 92.8 Å². The lowest BCUT2D eigenvalue weighted by Gasteiger charge is -2.07. The van der Waals surface area contributed by atoms with Gasteiger partial charge in [0, 0.05) is 5.02 Å². The number of nitrogens with zero attached hydrogens (tertiary/aromatic N) is 4. The zero-order valence-corrected chi connectivity index (χ0v) is 11.7. The van der Waals surface area contributed by atoms with Crippen LogP contribution in [0.4, 0.5) is 0 Å². The summed E-state index contributed by atoms with van der Waals surface area (Å²) in [4.78, 5) is 15.3. The Bertz CT molecular complexity index is 647. The van der Waals surface area contributed by atoms with E-state index in [1.165, 1.54) is 11.0 Å². The normalized spacial score (nSPS) is 9.90. The third-order valence-corrected chi connectivity index (χ3v) is 2.70. The number of rotatable bonds is 6. The Morgan fingerprint density at radius 2 is 2.19 bits per heavy atom. The molecule has 0 saturated carbocycles. The molecular weight excluding hydrogens is 294 g/mol. The van der Waals surface area contributed by atoms with Crippen molar-refractivity contribution in [1.29, 1.82) is 5.26 Å². The molecule has 0 aliphatic carbocycles. The summed E-state index contributed by atoms with van der Waals surface area (Å²) < 4.78 is 6.73. The SMILES string of the molecule is N#Cc1ncn(CC(=O)NCCOc2ccc(Cl)cc2)n1. The number of nitriles is 1. The van der Waals surface area contributed by atoms with Crippen LogP contribution in [0.3, 0.4) is 0 Å². The van der Waals surface area contributed by atoms with Gasteiger partial charge in [0.25, 0.3) is 5.82 Å². The number of amides is 1. The predicted octanol–water partition coefficient (Wildman–Crippen LogP) is 0.998. The first-order chi connectivity index (χ1) is 10.2. The van der Waals surface area contributed by atoms with Crippen LogP contribution in [-0.2, 0) is 11.3 Å². The molecule has 1 N–H and O–H groups in total. The molecule has 1 aromatic carbocycles. The number of carbonyl (C=O) groups is 1. The van der Waals surface area contributed by atoms with Gasteiger partial charge >= 0.3 is 0 Å². The van der Waals surface area contributed by atoms with E-state index in [9.17, 15) is 4.79 Å². The van der Waals surface area contributed by atoms with Gasteiger partial charge in [-0.15, -0.1) is 5.10 Å². The average Bonchev–Trinajstić information content (AvgIpc) is 2.93. The summed E-state index contributed by atoms with van der Waals surface area (Å²) in [7, 11) is 0. The van der Waals surface area contributed by atoms with Gasteiger partial charge in [-0.25, -0.2) is 9.67 Å².